The van der Waals surface area contributed by atoms with Crippen molar-refractivity contribution in [1.29, 1.82) is 0 Å². The summed E-state index contributed by atoms with van der Waals surface area (Å²) in [6.07, 6.45) is 9.23. The highest BCUT2D eigenvalue weighted by Gasteiger charge is 2.31. The minimum Gasteiger partial charge on any atom is -0.378 e. The van der Waals surface area contributed by atoms with Crippen LogP contribution in [0.4, 0.5) is 5.69 Å². The van der Waals surface area contributed by atoms with Crippen LogP contribution in [0.1, 0.15) is 50.6 Å². The van der Waals surface area contributed by atoms with Crippen LogP contribution in [-0.2, 0) is 0 Å². The highest BCUT2D eigenvalue weighted by molar-refractivity contribution is 8.00. The summed E-state index contributed by atoms with van der Waals surface area (Å²) >= 11 is 2.07. The van der Waals surface area contributed by atoms with Gasteiger partial charge in [0.1, 0.15) is 0 Å². The van der Waals surface area contributed by atoms with Gasteiger partial charge in [0.25, 0.3) is 0 Å². The molecule has 1 aromatic rings. The summed E-state index contributed by atoms with van der Waals surface area (Å²) < 4.78 is 0.468. The fourth-order valence-electron chi connectivity index (χ4n) is 3.17. The molecule has 1 unspecified atom stereocenters. The van der Waals surface area contributed by atoms with Gasteiger partial charge in [-0.25, -0.2) is 0 Å². The van der Waals surface area contributed by atoms with Gasteiger partial charge in [0, 0.05) is 37.1 Å². The SMILES string of the molecule is CSC1(CNC(C)c2ccc(N(C)C)cc2)CCCCC1. The maximum Gasteiger partial charge on any atom is 0.0361 e. The molecule has 2 rings (SSSR count). The smallest absolute Gasteiger partial charge is 0.0361 e. The fraction of sp³-hybridized carbons (Fsp3) is 0.667. The monoisotopic (exact) mass is 306 g/mol. The highest BCUT2D eigenvalue weighted by atomic mass is 32.2. The van der Waals surface area contributed by atoms with Crippen LogP contribution in [0.15, 0.2) is 24.3 Å². The van der Waals surface area contributed by atoms with Crippen LogP contribution in [0.3, 0.4) is 0 Å². The molecule has 0 heterocycles. The topological polar surface area (TPSA) is 15.3 Å². The minimum atomic E-state index is 0.423. The third kappa shape index (κ3) is 4.40. The van der Waals surface area contributed by atoms with E-state index in [2.05, 4.69) is 73.5 Å². The lowest BCUT2D eigenvalue weighted by atomic mass is 9.88. The van der Waals surface area contributed by atoms with E-state index in [4.69, 9.17) is 0 Å². The van der Waals surface area contributed by atoms with Crippen LogP contribution < -0.4 is 10.2 Å². The predicted molar refractivity (Wildman–Crippen MR) is 96.5 cm³/mol. The molecule has 0 bridgehead atoms. The van der Waals surface area contributed by atoms with Crippen molar-refractivity contribution in [3.63, 3.8) is 0 Å². The summed E-state index contributed by atoms with van der Waals surface area (Å²) in [5.74, 6) is 0. The zero-order valence-electron chi connectivity index (χ0n) is 14.0. The Morgan fingerprint density at radius 3 is 2.29 bits per heavy atom. The van der Waals surface area contributed by atoms with E-state index in [0.29, 0.717) is 10.8 Å². The average Bonchev–Trinajstić information content (AvgIpc) is 2.53. The molecular formula is C18H30N2S. The number of benzene rings is 1. The van der Waals surface area contributed by atoms with Crippen molar-refractivity contribution >= 4 is 17.4 Å². The third-order valence-corrected chi connectivity index (χ3v) is 6.26. The Morgan fingerprint density at radius 2 is 1.76 bits per heavy atom. The number of nitrogens with zero attached hydrogens (tertiary/aromatic N) is 1. The standard InChI is InChI=1S/C18H30N2S/c1-15(16-8-10-17(11-9-16)20(2)3)19-14-18(21-4)12-6-5-7-13-18/h8-11,15,19H,5-7,12-14H2,1-4H3. The van der Waals surface area contributed by atoms with Gasteiger partial charge in [0.2, 0.25) is 0 Å². The molecule has 3 heteroatoms. The Morgan fingerprint density at radius 1 is 1.14 bits per heavy atom. The van der Waals surface area contributed by atoms with E-state index in [0.717, 1.165) is 6.54 Å². The molecule has 1 N–H and O–H groups in total. The maximum atomic E-state index is 3.77. The molecule has 0 amide bonds. The second kappa shape index (κ2) is 7.55. The van der Waals surface area contributed by atoms with Crippen LogP contribution in [0.2, 0.25) is 0 Å². The van der Waals surface area contributed by atoms with E-state index in [1.165, 1.54) is 43.4 Å². The number of rotatable bonds is 6. The van der Waals surface area contributed by atoms with Crippen LogP contribution >= 0.6 is 11.8 Å². The first-order valence-corrected chi connectivity index (χ1v) is 9.35. The second-order valence-corrected chi connectivity index (χ2v) is 7.81. The Bertz CT molecular complexity index is 421. The largest absolute Gasteiger partial charge is 0.378 e. The number of hydrogen-bond acceptors (Lipinski definition) is 3. The molecule has 1 aromatic carbocycles. The molecule has 21 heavy (non-hydrogen) atoms. The van der Waals surface area contributed by atoms with Crippen LogP contribution in [0.25, 0.3) is 0 Å². The normalized spacial score (nSPS) is 19.2. The minimum absolute atomic E-state index is 0.423. The van der Waals surface area contributed by atoms with Gasteiger partial charge < -0.3 is 10.2 Å². The fourth-order valence-corrected chi connectivity index (χ4v) is 4.09. The second-order valence-electron chi connectivity index (χ2n) is 6.54. The zero-order valence-corrected chi connectivity index (χ0v) is 14.8. The highest BCUT2D eigenvalue weighted by Crippen LogP contribution is 2.38. The van der Waals surface area contributed by atoms with E-state index < -0.39 is 0 Å². The summed E-state index contributed by atoms with van der Waals surface area (Å²) in [7, 11) is 4.17. The van der Waals surface area contributed by atoms with Gasteiger partial charge in [-0.05, 0) is 43.7 Å². The number of hydrogen-bond donors (Lipinski definition) is 1. The van der Waals surface area contributed by atoms with E-state index in [-0.39, 0.29) is 0 Å². The van der Waals surface area contributed by atoms with Gasteiger partial charge in [-0.3, -0.25) is 0 Å². The Hall–Kier alpha value is -0.670. The molecule has 1 saturated carbocycles. The summed E-state index contributed by atoms with van der Waals surface area (Å²) in [5, 5.41) is 3.77. The third-order valence-electron chi connectivity index (χ3n) is 4.84. The van der Waals surface area contributed by atoms with Gasteiger partial charge in [-0.2, -0.15) is 11.8 Å². The van der Waals surface area contributed by atoms with Crippen LogP contribution in [-0.4, -0.2) is 31.6 Å². The molecule has 0 aliphatic heterocycles. The zero-order chi connectivity index (χ0) is 15.3. The molecular weight excluding hydrogens is 276 g/mol. The molecule has 0 saturated heterocycles. The van der Waals surface area contributed by atoms with Gasteiger partial charge in [-0.15, -0.1) is 0 Å². The van der Waals surface area contributed by atoms with Crippen molar-refractivity contribution in [2.24, 2.45) is 0 Å². The molecule has 1 aliphatic carbocycles. The molecule has 0 radical (unpaired) electrons. The number of thioether (sulfide) groups is 1. The number of nitrogens with one attached hydrogen (secondary N) is 1. The van der Waals surface area contributed by atoms with E-state index >= 15 is 0 Å². The Kier molecular flexibility index (Phi) is 6.00. The molecule has 0 spiro atoms. The van der Waals surface area contributed by atoms with Crippen molar-refractivity contribution in [1.82, 2.24) is 5.32 Å². The molecule has 1 atom stereocenters. The van der Waals surface area contributed by atoms with Crippen molar-refractivity contribution in [3.8, 4) is 0 Å². The summed E-state index contributed by atoms with van der Waals surface area (Å²) in [4.78, 5) is 2.15. The Labute approximate surface area is 134 Å². The van der Waals surface area contributed by atoms with Crippen LogP contribution in [0, 0.1) is 0 Å². The first kappa shape index (κ1) is 16.7. The van der Waals surface area contributed by atoms with Gasteiger partial charge in [0.15, 0.2) is 0 Å². The average molecular weight is 307 g/mol. The van der Waals surface area contributed by atoms with E-state index in [1.807, 2.05) is 0 Å². The lowest BCUT2D eigenvalue weighted by Gasteiger charge is -2.37. The van der Waals surface area contributed by atoms with Crippen molar-refractivity contribution in [2.45, 2.75) is 49.8 Å². The first-order chi connectivity index (χ1) is 10.1. The van der Waals surface area contributed by atoms with Crippen LogP contribution in [0.5, 0.6) is 0 Å². The van der Waals surface area contributed by atoms with Crippen molar-refractivity contribution in [2.75, 3.05) is 31.8 Å². The van der Waals surface area contributed by atoms with Crippen molar-refractivity contribution < 1.29 is 0 Å². The molecule has 0 aromatic heterocycles. The maximum absolute atomic E-state index is 3.77. The molecule has 1 fully saturated rings. The summed E-state index contributed by atoms with van der Waals surface area (Å²) in [6.45, 7) is 3.41. The lowest BCUT2D eigenvalue weighted by molar-refractivity contribution is 0.367. The molecule has 2 nitrogen and oxygen atoms in total. The van der Waals surface area contributed by atoms with Gasteiger partial charge in [-0.1, -0.05) is 31.4 Å². The quantitative estimate of drug-likeness (QED) is 0.835. The van der Waals surface area contributed by atoms with E-state index in [9.17, 15) is 0 Å². The van der Waals surface area contributed by atoms with E-state index in [1.54, 1.807) is 0 Å². The Balaban J connectivity index is 1.92. The number of anilines is 1. The van der Waals surface area contributed by atoms with Gasteiger partial charge >= 0.3 is 0 Å². The predicted octanol–water partition coefficient (Wildman–Crippen LogP) is 4.47. The summed E-state index contributed by atoms with van der Waals surface area (Å²) in [6, 6.07) is 9.34. The summed E-state index contributed by atoms with van der Waals surface area (Å²) in [5.41, 5.74) is 2.64. The lowest BCUT2D eigenvalue weighted by Crippen LogP contribution is -2.40. The molecule has 118 valence electrons. The van der Waals surface area contributed by atoms with Crippen molar-refractivity contribution in [3.05, 3.63) is 29.8 Å². The molecule has 1 aliphatic rings. The van der Waals surface area contributed by atoms with Gasteiger partial charge in [0.05, 0.1) is 0 Å². The first-order valence-electron chi connectivity index (χ1n) is 8.12.